The zero-order valence-corrected chi connectivity index (χ0v) is 12.9. The molecule has 3 heterocycles. The van der Waals surface area contributed by atoms with Crippen LogP contribution in [0.5, 0.6) is 0 Å². The number of pyridine rings is 1. The third kappa shape index (κ3) is 2.37. The fourth-order valence-electron chi connectivity index (χ4n) is 2.63. The van der Waals surface area contributed by atoms with Gasteiger partial charge in [0.2, 0.25) is 0 Å². The summed E-state index contributed by atoms with van der Waals surface area (Å²) in [5, 5.41) is 17.9. The number of likely N-dealkylation sites (tertiary alicyclic amines) is 1. The number of hydrogen-bond acceptors (Lipinski definition) is 5. The van der Waals surface area contributed by atoms with Gasteiger partial charge < -0.3 is 10.0 Å². The number of hydrogen-bond donors (Lipinski definition) is 1. The van der Waals surface area contributed by atoms with Gasteiger partial charge in [-0.25, -0.2) is 4.98 Å². The Morgan fingerprint density at radius 3 is 2.50 bits per heavy atom. The predicted octanol–water partition coefficient (Wildman–Crippen LogP) is 0.895. The highest BCUT2D eigenvalue weighted by Gasteiger charge is 2.49. The van der Waals surface area contributed by atoms with E-state index in [0.717, 1.165) is 0 Å². The molecule has 0 unspecified atom stereocenters. The second-order valence-electron chi connectivity index (χ2n) is 6.59. The van der Waals surface area contributed by atoms with Crippen molar-refractivity contribution in [2.45, 2.75) is 26.4 Å². The molecule has 1 aliphatic heterocycles. The molecule has 7 nitrogen and oxygen atoms in total. The molecule has 116 valence electrons. The summed E-state index contributed by atoms with van der Waals surface area (Å²) in [6.07, 6.45) is 4.64. The minimum atomic E-state index is -0.896. The molecule has 1 amide bonds. The van der Waals surface area contributed by atoms with Crippen molar-refractivity contribution in [1.29, 1.82) is 0 Å². The maximum Gasteiger partial charge on any atom is 0.254 e. The second-order valence-corrected chi connectivity index (χ2v) is 6.59. The van der Waals surface area contributed by atoms with Crippen molar-refractivity contribution >= 4 is 5.91 Å². The lowest BCUT2D eigenvalue weighted by molar-refractivity contribution is -0.0108. The van der Waals surface area contributed by atoms with Gasteiger partial charge in [-0.05, 0) is 19.1 Å². The normalized spacial score (nSPS) is 23.7. The van der Waals surface area contributed by atoms with Crippen molar-refractivity contribution in [3.05, 3.63) is 36.5 Å². The van der Waals surface area contributed by atoms with E-state index in [-0.39, 0.29) is 11.3 Å². The summed E-state index contributed by atoms with van der Waals surface area (Å²) >= 11 is 0. The van der Waals surface area contributed by atoms with Crippen LogP contribution < -0.4 is 0 Å². The molecule has 0 saturated carbocycles. The largest absolute Gasteiger partial charge is 0.388 e. The molecule has 0 spiro atoms. The van der Waals surface area contributed by atoms with Gasteiger partial charge in [-0.1, -0.05) is 13.8 Å². The summed E-state index contributed by atoms with van der Waals surface area (Å²) in [5.74, 6) is 0.476. The number of nitrogens with zero attached hydrogens (tertiary/aromatic N) is 5. The van der Waals surface area contributed by atoms with Gasteiger partial charge in [0, 0.05) is 23.7 Å². The van der Waals surface area contributed by atoms with Crippen LogP contribution >= 0.6 is 0 Å². The van der Waals surface area contributed by atoms with Crippen molar-refractivity contribution in [2.24, 2.45) is 5.41 Å². The molecule has 0 bridgehead atoms. The average Bonchev–Trinajstić information content (AvgIpc) is 3.05. The van der Waals surface area contributed by atoms with Gasteiger partial charge in [0.1, 0.15) is 18.5 Å². The van der Waals surface area contributed by atoms with Crippen LogP contribution in [-0.4, -0.2) is 54.4 Å². The van der Waals surface area contributed by atoms with Crippen LogP contribution in [0.15, 0.2) is 31.0 Å². The Hall–Kier alpha value is -2.28. The van der Waals surface area contributed by atoms with Crippen LogP contribution in [0.4, 0.5) is 0 Å². The van der Waals surface area contributed by atoms with Crippen LogP contribution in [0.3, 0.4) is 0 Å². The number of carbonyl (C=O) groups excluding carboxylic acids is 1. The van der Waals surface area contributed by atoms with Gasteiger partial charge in [-0.15, -0.1) is 10.2 Å². The minimum absolute atomic E-state index is 0.109. The summed E-state index contributed by atoms with van der Waals surface area (Å²) in [6, 6.07) is 3.38. The molecule has 1 fully saturated rings. The number of aliphatic hydroxyl groups is 1. The standard InChI is InChI=1S/C15H19N5O2/c1-14(2)7-19(8-15(14,3)22)13(21)11-4-5-16-12(6-11)20-9-17-18-10-20/h4-6,9-10,22H,7-8H2,1-3H3/t15-/m1/s1. The van der Waals surface area contributed by atoms with Crippen molar-refractivity contribution in [3.63, 3.8) is 0 Å². The highest BCUT2D eigenvalue weighted by atomic mass is 16.3. The van der Waals surface area contributed by atoms with E-state index in [1.165, 1.54) is 12.7 Å². The summed E-state index contributed by atoms with van der Waals surface area (Å²) in [7, 11) is 0. The van der Waals surface area contributed by atoms with E-state index in [2.05, 4.69) is 15.2 Å². The van der Waals surface area contributed by atoms with Gasteiger partial charge in [-0.2, -0.15) is 0 Å². The lowest BCUT2D eigenvalue weighted by Crippen LogP contribution is -2.40. The molecule has 1 atom stereocenters. The van der Waals surface area contributed by atoms with Gasteiger partial charge in [0.15, 0.2) is 0 Å². The van der Waals surface area contributed by atoms with E-state index in [9.17, 15) is 9.90 Å². The van der Waals surface area contributed by atoms with Crippen LogP contribution in [0, 0.1) is 5.41 Å². The molecule has 3 rings (SSSR count). The lowest BCUT2D eigenvalue weighted by atomic mass is 9.79. The van der Waals surface area contributed by atoms with Gasteiger partial charge in [0.25, 0.3) is 5.91 Å². The molecule has 0 aliphatic carbocycles. The monoisotopic (exact) mass is 301 g/mol. The fourth-order valence-corrected chi connectivity index (χ4v) is 2.63. The maximum atomic E-state index is 12.7. The Morgan fingerprint density at radius 1 is 1.23 bits per heavy atom. The van der Waals surface area contributed by atoms with Gasteiger partial charge in [0.05, 0.1) is 12.1 Å². The summed E-state index contributed by atoms with van der Waals surface area (Å²) in [5.41, 5.74) is -0.702. The van der Waals surface area contributed by atoms with E-state index in [1.54, 1.807) is 34.7 Å². The zero-order chi connectivity index (χ0) is 16.0. The quantitative estimate of drug-likeness (QED) is 0.890. The van der Waals surface area contributed by atoms with Crippen molar-refractivity contribution < 1.29 is 9.90 Å². The predicted molar refractivity (Wildman–Crippen MR) is 79.5 cm³/mol. The van der Waals surface area contributed by atoms with Crippen LogP contribution in [0.25, 0.3) is 5.82 Å². The maximum absolute atomic E-state index is 12.7. The smallest absolute Gasteiger partial charge is 0.254 e. The van der Waals surface area contributed by atoms with E-state index >= 15 is 0 Å². The molecule has 0 radical (unpaired) electrons. The van der Waals surface area contributed by atoms with Crippen LogP contribution in [-0.2, 0) is 0 Å². The summed E-state index contributed by atoms with van der Waals surface area (Å²) in [4.78, 5) is 18.6. The fraction of sp³-hybridized carbons (Fsp3) is 0.467. The second kappa shape index (κ2) is 4.88. The number of β-amino-alcohol motifs (C(OH)–C–C–N with tert-alkyl or cyclic N) is 1. The van der Waals surface area contributed by atoms with Crippen molar-refractivity contribution in [2.75, 3.05) is 13.1 Å². The third-order valence-corrected chi connectivity index (χ3v) is 4.51. The SMILES string of the molecule is CC1(C)CN(C(=O)c2ccnc(-n3cnnc3)c2)C[C@@]1(C)O. The third-order valence-electron chi connectivity index (χ3n) is 4.51. The Labute approximate surface area is 128 Å². The molecule has 1 saturated heterocycles. The van der Waals surface area contributed by atoms with Crippen molar-refractivity contribution in [3.8, 4) is 5.82 Å². The van der Waals surface area contributed by atoms with E-state index < -0.39 is 5.60 Å². The van der Waals surface area contributed by atoms with Gasteiger partial charge >= 0.3 is 0 Å². The summed E-state index contributed by atoms with van der Waals surface area (Å²) in [6.45, 7) is 6.55. The first-order chi connectivity index (χ1) is 10.3. The van der Waals surface area contributed by atoms with Crippen LogP contribution in [0.1, 0.15) is 31.1 Å². The number of rotatable bonds is 2. The Morgan fingerprint density at radius 2 is 1.91 bits per heavy atom. The van der Waals surface area contributed by atoms with Gasteiger partial charge in [-0.3, -0.25) is 9.36 Å². The molecule has 2 aromatic rings. The van der Waals surface area contributed by atoms with E-state index in [1.807, 2.05) is 13.8 Å². The lowest BCUT2D eigenvalue weighted by Gasteiger charge is -2.30. The van der Waals surface area contributed by atoms with E-state index in [4.69, 9.17) is 0 Å². The van der Waals surface area contributed by atoms with E-state index in [0.29, 0.717) is 24.5 Å². The highest BCUT2D eigenvalue weighted by Crippen LogP contribution is 2.38. The topological polar surface area (TPSA) is 84.1 Å². The minimum Gasteiger partial charge on any atom is -0.388 e. The Balaban J connectivity index is 1.86. The first-order valence-corrected chi connectivity index (χ1v) is 7.13. The van der Waals surface area contributed by atoms with Crippen molar-refractivity contribution in [1.82, 2.24) is 24.6 Å². The zero-order valence-electron chi connectivity index (χ0n) is 12.9. The summed E-state index contributed by atoms with van der Waals surface area (Å²) < 4.78 is 1.64. The molecular weight excluding hydrogens is 282 g/mol. The molecule has 1 aliphatic rings. The molecular formula is C15H19N5O2. The molecule has 7 heteroatoms. The Bertz CT molecular complexity index is 678. The molecule has 22 heavy (non-hydrogen) atoms. The Kier molecular flexibility index (Phi) is 3.25. The number of carbonyl (C=O) groups is 1. The van der Waals surface area contributed by atoms with Crippen LogP contribution in [0.2, 0.25) is 0 Å². The average molecular weight is 301 g/mol. The molecule has 1 N–H and O–H groups in total. The highest BCUT2D eigenvalue weighted by molar-refractivity contribution is 5.94. The number of amides is 1. The first kappa shape index (κ1) is 14.6. The molecule has 0 aromatic carbocycles. The molecule has 2 aromatic heterocycles. The number of aromatic nitrogens is 4. The first-order valence-electron chi connectivity index (χ1n) is 7.13.